The van der Waals surface area contributed by atoms with Crippen molar-refractivity contribution in [3.05, 3.63) is 6.33 Å². The van der Waals surface area contributed by atoms with Crippen molar-refractivity contribution in [2.24, 2.45) is 7.05 Å². The van der Waals surface area contributed by atoms with Crippen LogP contribution in [0.2, 0.25) is 0 Å². The Hall–Kier alpha value is -0.580. The third-order valence-corrected chi connectivity index (χ3v) is 2.30. The molecule has 0 spiro atoms. The number of alkyl halides is 1. The summed E-state index contributed by atoms with van der Waals surface area (Å²) in [7, 11) is 1.87. The molecule has 0 N–H and O–H groups in total. The summed E-state index contributed by atoms with van der Waals surface area (Å²) in [6.45, 7) is -0.259. The third kappa shape index (κ3) is 2.49. The average molecular weight is 175 g/mol. The molecule has 0 radical (unpaired) electrons. The lowest BCUT2D eigenvalue weighted by molar-refractivity contribution is 0.489. The lowest BCUT2D eigenvalue weighted by atomic mass is 10.6. The van der Waals surface area contributed by atoms with Gasteiger partial charge < -0.3 is 4.57 Å². The van der Waals surface area contributed by atoms with Crippen LogP contribution in [0.1, 0.15) is 6.42 Å². The van der Waals surface area contributed by atoms with Crippen molar-refractivity contribution in [2.75, 3.05) is 12.4 Å². The van der Waals surface area contributed by atoms with Crippen LogP contribution < -0.4 is 0 Å². The lowest BCUT2D eigenvalue weighted by Gasteiger charge is -1.96. The zero-order chi connectivity index (χ0) is 8.10. The molecule has 1 rings (SSSR count). The van der Waals surface area contributed by atoms with Gasteiger partial charge in [0, 0.05) is 12.8 Å². The molecule has 0 amide bonds. The maximum Gasteiger partial charge on any atom is 0.190 e. The van der Waals surface area contributed by atoms with E-state index in [1.54, 1.807) is 6.33 Å². The van der Waals surface area contributed by atoms with E-state index in [0.29, 0.717) is 6.42 Å². The van der Waals surface area contributed by atoms with Crippen LogP contribution in [0.4, 0.5) is 4.39 Å². The van der Waals surface area contributed by atoms with Gasteiger partial charge in [0.15, 0.2) is 5.16 Å². The number of aromatic nitrogens is 3. The Labute approximate surface area is 69.0 Å². The maximum atomic E-state index is 11.7. The molecule has 0 fully saturated rings. The lowest BCUT2D eigenvalue weighted by Crippen LogP contribution is -1.90. The zero-order valence-corrected chi connectivity index (χ0v) is 7.14. The van der Waals surface area contributed by atoms with E-state index in [4.69, 9.17) is 0 Å². The van der Waals surface area contributed by atoms with E-state index in [2.05, 4.69) is 10.2 Å². The van der Waals surface area contributed by atoms with Crippen LogP contribution >= 0.6 is 11.8 Å². The van der Waals surface area contributed by atoms with Crippen molar-refractivity contribution in [2.45, 2.75) is 11.6 Å². The summed E-state index contributed by atoms with van der Waals surface area (Å²) in [6, 6.07) is 0. The van der Waals surface area contributed by atoms with Crippen LogP contribution in [0, 0.1) is 0 Å². The molecule has 0 aliphatic carbocycles. The minimum Gasteiger partial charge on any atom is -0.312 e. The predicted molar refractivity (Wildman–Crippen MR) is 42.3 cm³/mol. The average Bonchev–Trinajstić information content (AvgIpc) is 2.37. The van der Waals surface area contributed by atoms with E-state index in [0.717, 1.165) is 10.9 Å². The first-order valence-electron chi connectivity index (χ1n) is 3.37. The van der Waals surface area contributed by atoms with Crippen molar-refractivity contribution in [3.8, 4) is 0 Å². The summed E-state index contributed by atoms with van der Waals surface area (Å²) in [5, 5.41) is 8.39. The Kier molecular flexibility index (Phi) is 3.35. The van der Waals surface area contributed by atoms with E-state index in [1.165, 1.54) is 11.8 Å². The summed E-state index contributed by atoms with van der Waals surface area (Å²) in [5.74, 6) is 0.767. The molecule has 0 aliphatic heterocycles. The van der Waals surface area contributed by atoms with Crippen LogP contribution in [0.25, 0.3) is 0 Å². The Morgan fingerprint density at radius 2 is 2.55 bits per heavy atom. The van der Waals surface area contributed by atoms with Gasteiger partial charge in [0.1, 0.15) is 6.33 Å². The van der Waals surface area contributed by atoms with Gasteiger partial charge in [-0.05, 0) is 6.42 Å². The summed E-state index contributed by atoms with van der Waals surface area (Å²) < 4.78 is 13.5. The van der Waals surface area contributed by atoms with E-state index in [9.17, 15) is 4.39 Å². The van der Waals surface area contributed by atoms with Crippen molar-refractivity contribution in [1.29, 1.82) is 0 Å². The number of thioether (sulfide) groups is 1. The highest BCUT2D eigenvalue weighted by atomic mass is 32.2. The topological polar surface area (TPSA) is 30.7 Å². The van der Waals surface area contributed by atoms with E-state index < -0.39 is 0 Å². The van der Waals surface area contributed by atoms with Gasteiger partial charge in [-0.25, -0.2) is 0 Å². The minimum absolute atomic E-state index is 0.259. The smallest absolute Gasteiger partial charge is 0.190 e. The summed E-state index contributed by atoms with van der Waals surface area (Å²) in [5.41, 5.74) is 0. The molecule has 1 aromatic heterocycles. The van der Waals surface area contributed by atoms with Gasteiger partial charge in [0.05, 0.1) is 6.67 Å². The molecule has 0 atom stereocenters. The third-order valence-electron chi connectivity index (χ3n) is 1.18. The standard InChI is InChI=1S/C6H10FN3S/c1-10-5-8-9-6(10)11-4-2-3-7/h5H,2-4H2,1H3. The van der Waals surface area contributed by atoms with Crippen LogP contribution in [-0.2, 0) is 7.05 Å². The van der Waals surface area contributed by atoms with Gasteiger partial charge in [0.2, 0.25) is 0 Å². The highest BCUT2D eigenvalue weighted by Crippen LogP contribution is 2.13. The normalized spacial score (nSPS) is 10.4. The van der Waals surface area contributed by atoms with Gasteiger partial charge in [-0.2, -0.15) is 0 Å². The second-order valence-electron chi connectivity index (χ2n) is 2.12. The Morgan fingerprint density at radius 3 is 3.09 bits per heavy atom. The van der Waals surface area contributed by atoms with Crippen LogP contribution in [0.5, 0.6) is 0 Å². The summed E-state index contributed by atoms with van der Waals surface area (Å²) in [6.07, 6.45) is 2.22. The fourth-order valence-corrected chi connectivity index (χ4v) is 1.41. The maximum absolute atomic E-state index is 11.7. The van der Waals surface area contributed by atoms with E-state index in [-0.39, 0.29) is 6.67 Å². The molecule has 11 heavy (non-hydrogen) atoms. The second kappa shape index (κ2) is 4.33. The molecule has 0 saturated heterocycles. The highest BCUT2D eigenvalue weighted by molar-refractivity contribution is 7.99. The number of rotatable bonds is 4. The fourth-order valence-electron chi connectivity index (χ4n) is 0.621. The monoisotopic (exact) mass is 175 g/mol. The molecule has 5 heteroatoms. The highest BCUT2D eigenvalue weighted by Gasteiger charge is 1.99. The molecule has 3 nitrogen and oxygen atoms in total. The molecular formula is C6H10FN3S. The van der Waals surface area contributed by atoms with Gasteiger partial charge in [-0.15, -0.1) is 10.2 Å². The largest absolute Gasteiger partial charge is 0.312 e. The molecule has 0 bridgehead atoms. The second-order valence-corrected chi connectivity index (χ2v) is 3.18. The molecule has 62 valence electrons. The number of nitrogens with zero attached hydrogens (tertiary/aromatic N) is 3. The minimum atomic E-state index is -0.259. The first-order valence-corrected chi connectivity index (χ1v) is 4.36. The van der Waals surface area contributed by atoms with Gasteiger partial charge in [-0.1, -0.05) is 11.8 Å². The molecule has 1 aromatic rings. The number of halogens is 1. The van der Waals surface area contributed by atoms with Crippen molar-refractivity contribution >= 4 is 11.8 Å². The fraction of sp³-hybridized carbons (Fsp3) is 0.667. The zero-order valence-electron chi connectivity index (χ0n) is 6.33. The van der Waals surface area contributed by atoms with Crippen LogP contribution in [-0.4, -0.2) is 27.2 Å². The first-order chi connectivity index (χ1) is 5.34. The van der Waals surface area contributed by atoms with Crippen molar-refractivity contribution < 1.29 is 4.39 Å². The Bertz CT molecular complexity index is 213. The quantitative estimate of drug-likeness (QED) is 0.510. The Balaban J connectivity index is 2.32. The number of hydrogen-bond donors (Lipinski definition) is 0. The van der Waals surface area contributed by atoms with Gasteiger partial charge >= 0.3 is 0 Å². The number of hydrogen-bond acceptors (Lipinski definition) is 3. The molecule has 0 aromatic carbocycles. The SMILES string of the molecule is Cn1cnnc1SCCCF. The number of aryl methyl sites for hydroxylation is 1. The van der Waals surface area contributed by atoms with Gasteiger partial charge in [0.25, 0.3) is 0 Å². The summed E-state index contributed by atoms with van der Waals surface area (Å²) >= 11 is 1.53. The predicted octanol–water partition coefficient (Wildman–Crippen LogP) is 1.27. The molecule has 0 aliphatic rings. The molecular weight excluding hydrogens is 165 g/mol. The molecule has 0 unspecified atom stereocenters. The van der Waals surface area contributed by atoms with Crippen LogP contribution in [0.15, 0.2) is 11.5 Å². The Morgan fingerprint density at radius 1 is 1.73 bits per heavy atom. The summed E-state index contributed by atoms with van der Waals surface area (Å²) in [4.78, 5) is 0. The van der Waals surface area contributed by atoms with Crippen LogP contribution in [0.3, 0.4) is 0 Å². The van der Waals surface area contributed by atoms with Crippen molar-refractivity contribution in [1.82, 2.24) is 14.8 Å². The van der Waals surface area contributed by atoms with Crippen molar-refractivity contribution in [3.63, 3.8) is 0 Å². The first kappa shape index (κ1) is 8.52. The molecule has 0 saturated carbocycles. The molecule has 1 heterocycles. The van der Waals surface area contributed by atoms with E-state index >= 15 is 0 Å². The van der Waals surface area contributed by atoms with E-state index in [1.807, 2.05) is 11.6 Å². The van der Waals surface area contributed by atoms with Gasteiger partial charge in [-0.3, -0.25) is 4.39 Å².